The number of nitrogens with two attached hydrogens (primary N) is 2. The van der Waals surface area contributed by atoms with Gasteiger partial charge in [0.05, 0.1) is 11.4 Å². The van der Waals surface area contributed by atoms with E-state index in [2.05, 4.69) is 27.1 Å². The molecule has 1 aromatic heterocycles. The fourth-order valence-electron chi connectivity index (χ4n) is 2.42. The predicted molar refractivity (Wildman–Crippen MR) is 87.5 cm³/mol. The molecule has 108 valence electrons. The Morgan fingerprint density at radius 2 is 1.23 bits per heavy atom. The van der Waals surface area contributed by atoms with Gasteiger partial charge in [0.15, 0.2) is 0 Å². The number of para-hydroxylation sites is 2. The summed E-state index contributed by atoms with van der Waals surface area (Å²) < 4.78 is 0. The summed E-state index contributed by atoms with van der Waals surface area (Å²) in [7, 11) is 0. The number of hydrogen-bond acceptors (Lipinski definition) is 7. The molecule has 2 aromatic carbocycles. The quantitative estimate of drug-likeness (QED) is 0.558. The van der Waals surface area contributed by atoms with Crippen LogP contribution in [0.2, 0.25) is 0 Å². The van der Waals surface area contributed by atoms with E-state index in [0.29, 0.717) is 5.95 Å². The van der Waals surface area contributed by atoms with Gasteiger partial charge >= 0.3 is 0 Å². The largest absolute Gasteiger partial charge is 0.368 e. The lowest BCUT2D eigenvalue weighted by Crippen LogP contribution is -2.19. The SMILES string of the molecule is Nc1nc(N)nc(N2c3ccccc3Sc3ccccc32)n1. The first-order valence-corrected chi connectivity index (χ1v) is 7.47. The van der Waals surface area contributed by atoms with Gasteiger partial charge in [0.1, 0.15) is 0 Å². The third kappa shape index (κ3) is 2.03. The van der Waals surface area contributed by atoms with Crippen molar-refractivity contribution in [1.82, 2.24) is 15.0 Å². The molecule has 0 saturated carbocycles. The average molecular weight is 308 g/mol. The standard InChI is InChI=1S/C15H12N6S/c16-13-18-14(17)20-15(19-13)21-9-5-1-3-7-11(9)22-12-8-4-2-6-10(12)21/h1-8H,(H4,16,17,18,19,20). The van der Waals surface area contributed by atoms with Gasteiger partial charge in [-0.3, -0.25) is 4.90 Å². The van der Waals surface area contributed by atoms with E-state index in [9.17, 15) is 0 Å². The molecule has 4 rings (SSSR count). The molecule has 0 bridgehead atoms. The van der Waals surface area contributed by atoms with E-state index in [-0.39, 0.29) is 11.9 Å². The first-order chi connectivity index (χ1) is 10.7. The summed E-state index contributed by atoms with van der Waals surface area (Å²) in [6, 6.07) is 16.2. The van der Waals surface area contributed by atoms with Crippen molar-refractivity contribution in [3.05, 3.63) is 48.5 Å². The van der Waals surface area contributed by atoms with E-state index in [1.165, 1.54) is 0 Å². The number of nitrogens with zero attached hydrogens (tertiary/aromatic N) is 4. The van der Waals surface area contributed by atoms with Gasteiger partial charge in [0.25, 0.3) is 0 Å². The lowest BCUT2D eigenvalue weighted by Gasteiger charge is -2.30. The third-order valence-corrected chi connectivity index (χ3v) is 4.42. The number of fused-ring (bicyclic) bond motifs is 2. The van der Waals surface area contributed by atoms with Gasteiger partial charge in [-0.1, -0.05) is 36.0 Å². The number of benzene rings is 2. The summed E-state index contributed by atoms with van der Waals surface area (Å²) in [4.78, 5) is 16.5. The van der Waals surface area contributed by atoms with Crippen LogP contribution in [0.1, 0.15) is 0 Å². The van der Waals surface area contributed by atoms with Crippen molar-refractivity contribution in [3.63, 3.8) is 0 Å². The Hall–Kier alpha value is -2.80. The highest BCUT2D eigenvalue weighted by Crippen LogP contribution is 2.50. The van der Waals surface area contributed by atoms with Crippen molar-refractivity contribution >= 4 is 41.0 Å². The van der Waals surface area contributed by atoms with Gasteiger partial charge in [-0.25, -0.2) is 0 Å². The number of hydrogen-bond donors (Lipinski definition) is 2. The van der Waals surface area contributed by atoms with Gasteiger partial charge in [-0.15, -0.1) is 0 Å². The molecule has 0 atom stereocenters. The Balaban J connectivity index is 1.98. The molecule has 0 saturated heterocycles. The predicted octanol–water partition coefficient (Wildman–Crippen LogP) is 2.97. The van der Waals surface area contributed by atoms with Crippen molar-refractivity contribution in [2.75, 3.05) is 16.4 Å². The first-order valence-electron chi connectivity index (χ1n) is 6.65. The molecule has 3 aromatic rings. The molecule has 0 radical (unpaired) electrons. The normalized spacial score (nSPS) is 12.6. The third-order valence-electron chi connectivity index (χ3n) is 3.29. The van der Waals surface area contributed by atoms with Crippen LogP contribution in [0.15, 0.2) is 58.3 Å². The highest BCUT2D eigenvalue weighted by Gasteiger charge is 2.26. The van der Waals surface area contributed by atoms with Crippen molar-refractivity contribution in [2.45, 2.75) is 9.79 Å². The van der Waals surface area contributed by atoms with E-state index in [1.54, 1.807) is 11.8 Å². The highest BCUT2D eigenvalue weighted by molar-refractivity contribution is 7.99. The Bertz CT molecular complexity index is 800. The van der Waals surface area contributed by atoms with Crippen LogP contribution < -0.4 is 16.4 Å². The molecule has 6 nitrogen and oxygen atoms in total. The van der Waals surface area contributed by atoms with Gasteiger partial charge in [-0.05, 0) is 24.3 Å². The highest BCUT2D eigenvalue weighted by atomic mass is 32.2. The second-order valence-corrected chi connectivity index (χ2v) is 5.81. The fraction of sp³-hybridized carbons (Fsp3) is 0. The second kappa shape index (κ2) is 4.88. The Kier molecular flexibility index (Phi) is 2.87. The second-order valence-electron chi connectivity index (χ2n) is 4.72. The Labute approximate surface area is 131 Å². The summed E-state index contributed by atoms with van der Waals surface area (Å²) in [5.74, 6) is 0.636. The summed E-state index contributed by atoms with van der Waals surface area (Å²) >= 11 is 1.71. The molecule has 1 aliphatic heterocycles. The number of rotatable bonds is 1. The van der Waals surface area contributed by atoms with E-state index < -0.39 is 0 Å². The van der Waals surface area contributed by atoms with E-state index in [4.69, 9.17) is 11.5 Å². The molecule has 0 unspecified atom stereocenters. The zero-order valence-electron chi connectivity index (χ0n) is 11.5. The summed E-state index contributed by atoms with van der Waals surface area (Å²) in [5, 5.41) is 0. The summed E-state index contributed by atoms with van der Waals surface area (Å²) in [5.41, 5.74) is 13.5. The van der Waals surface area contributed by atoms with Gasteiger partial charge < -0.3 is 11.5 Å². The minimum atomic E-state index is 0.107. The first kappa shape index (κ1) is 12.9. The maximum absolute atomic E-state index is 5.73. The average Bonchev–Trinajstić information content (AvgIpc) is 2.51. The molecular formula is C15H12N6S. The molecule has 0 spiro atoms. The molecule has 7 heteroatoms. The molecule has 22 heavy (non-hydrogen) atoms. The summed E-state index contributed by atoms with van der Waals surface area (Å²) in [6.45, 7) is 0. The lowest BCUT2D eigenvalue weighted by molar-refractivity contribution is 1.01. The number of aromatic nitrogens is 3. The van der Waals surface area contributed by atoms with Crippen LogP contribution in [0.5, 0.6) is 0 Å². The van der Waals surface area contributed by atoms with Gasteiger partial charge in [-0.2, -0.15) is 15.0 Å². The summed E-state index contributed by atoms with van der Waals surface area (Å²) in [6.07, 6.45) is 0. The Morgan fingerprint density at radius 1 is 0.727 bits per heavy atom. The molecule has 1 aliphatic rings. The van der Waals surface area contributed by atoms with Crippen molar-refractivity contribution in [1.29, 1.82) is 0 Å². The molecule has 2 heterocycles. The fourth-order valence-corrected chi connectivity index (χ4v) is 3.48. The maximum Gasteiger partial charge on any atom is 0.241 e. The van der Waals surface area contributed by atoms with Crippen LogP contribution in [0, 0.1) is 0 Å². The van der Waals surface area contributed by atoms with Crippen molar-refractivity contribution < 1.29 is 0 Å². The van der Waals surface area contributed by atoms with E-state index in [1.807, 2.05) is 41.3 Å². The monoisotopic (exact) mass is 308 g/mol. The van der Waals surface area contributed by atoms with Crippen LogP contribution in [0.4, 0.5) is 29.2 Å². The van der Waals surface area contributed by atoms with Crippen LogP contribution in [0.3, 0.4) is 0 Å². The van der Waals surface area contributed by atoms with Crippen molar-refractivity contribution in [2.24, 2.45) is 0 Å². The topological polar surface area (TPSA) is 93.9 Å². The molecule has 0 aliphatic carbocycles. The van der Waals surface area contributed by atoms with Crippen molar-refractivity contribution in [3.8, 4) is 0 Å². The van der Waals surface area contributed by atoms with Crippen LogP contribution in [-0.4, -0.2) is 15.0 Å². The molecule has 4 N–H and O–H groups in total. The van der Waals surface area contributed by atoms with E-state index in [0.717, 1.165) is 21.2 Å². The minimum absolute atomic E-state index is 0.107. The van der Waals surface area contributed by atoms with Gasteiger partial charge in [0.2, 0.25) is 17.8 Å². The van der Waals surface area contributed by atoms with Crippen LogP contribution in [-0.2, 0) is 0 Å². The molecular weight excluding hydrogens is 296 g/mol. The van der Waals surface area contributed by atoms with Gasteiger partial charge in [0, 0.05) is 9.79 Å². The lowest BCUT2D eigenvalue weighted by atomic mass is 10.2. The zero-order chi connectivity index (χ0) is 15.1. The maximum atomic E-state index is 5.73. The zero-order valence-corrected chi connectivity index (χ0v) is 12.3. The molecule has 0 amide bonds. The minimum Gasteiger partial charge on any atom is -0.368 e. The van der Waals surface area contributed by atoms with Crippen LogP contribution >= 0.6 is 11.8 Å². The number of anilines is 5. The molecule has 0 fully saturated rings. The van der Waals surface area contributed by atoms with E-state index >= 15 is 0 Å². The Morgan fingerprint density at radius 3 is 1.77 bits per heavy atom. The smallest absolute Gasteiger partial charge is 0.241 e. The number of nitrogen functional groups attached to an aromatic ring is 2. The van der Waals surface area contributed by atoms with Crippen LogP contribution in [0.25, 0.3) is 0 Å².